The number of rotatable bonds is 8. The van der Waals surface area contributed by atoms with Gasteiger partial charge in [0.05, 0.1) is 11.7 Å². The summed E-state index contributed by atoms with van der Waals surface area (Å²) >= 11 is 6.17. The van der Waals surface area contributed by atoms with Crippen molar-refractivity contribution in [1.29, 1.82) is 0 Å². The van der Waals surface area contributed by atoms with Crippen molar-refractivity contribution in [2.75, 3.05) is 0 Å². The van der Waals surface area contributed by atoms with E-state index in [0.29, 0.717) is 11.7 Å². The Morgan fingerprint density at radius 1 is 1.40 bits per heavy atom. The van der Waals surface area contributed by atoms with Gasteiger partial charge in [-0.3, -0.25) is 0 Å². The van der Waals surface area contributed by atoms with E-state index in [-0.39, 0.29) is 6.04 Å². The molecule has 5 nitrogen and oxygen atoms in total. The van der Waals surface area contributed by atoms with Gasteiger partial charge >= 0.3 is 0 Å². The van der Waals surface area contributed by atoms with Crippen molar-refractivity contribution in [3.05, 3.63) is 34.9 Å². The van der Waals surface area contributed by atoms with Crippen LogP contribution in [0.15, 0.2) is 12.4 Å². The summed E-state index contributed by atoms with van der Waals surface area (Å²) in [5.74, 6) is 1.93. The zero-order valence-electron chi connectivity index (χ0n) is 12.0. The van der Waals surface area contributed by atoms with E-state index in [4.69, 9.17) is 11.6 Å². The van der Waals surface area contributed by atoms with Gasteiger partial charge in [-0.05, 0) is 12.8 Å². The molecule has 0 spiro atoms. The zero-order valence-corrected chi connectivity index (χ0v) is 12.8. The number of nitrogens with zero attached hydrogens (tertiary/aromatic N) is 2. The van der Waals surface area contributed by atoms with E-state index in [1.165, 1.54) is 0 Å². The Hall–Kier alpha value is -1.33. The van der Waals surface area contributed by atoms with Crippen LogP contribution in [0.3, 0.4) is 0 Å². The molecule has 0 aliphatic carbocycles. The molecule has 0 saturated carbocycles. The predicted octanol–water partition coefficient (Wildman–Crippen LogP) is 3.37. The molecule has 3 N–H and O–H groups in total. The third-order valence-corrected chi connectivity index (χ3v) is 3.64. The van der Waals surface area contributed by atoms with Crippen LogP contribution in [0.4, 0.5) is 0 Å². The highest BCUT2D eigenvalue weighted by atomic mass is 35.5. The van der Waals surface area contributed by atoms with Crippen LogP contribution in [0.25, 0.3) is 0 Å². The zero-order chi connectivity index (χ0) is 14.4. The summed E-state index contributed by atoms with van der Waals surface area (Å²) in [6, 6.07) is 0.198. The Bertz CT molecular complexity index is 506. The summed E-state index contributed by atoms with van der Waals surface area (Å²) in [6.07, 6.45) is 7.80. The number of aryl methyl sites for hydroxylation is 1. The van der Waals surface area contributed by atoms with Crippen LogP contribution in [-0.2, 0) is 13.0 Å². The molecule has 2 rings (SSSR count). The molecule has 2 aromatic heterocycles. The lowest BCUT2D eigenvalue weighted by Crippen LogP contribution is -2.21. The fraction of sp³-hybridized carbons (Fsp3) is 0.571. The van der Waals surface area contributed by atoms with Crippen molar-refractivity contribution in [1.82, 2.24) is 25.3 Å². The minimum Gasteiger partial charge on any atom is -0.347 e. The van der Waals surface area contributed by atoms with E-state index in [2.05, 4.69) is 39.1 Å². The standard InChI is InChI=1S/C14H22ClN5/c1-3-5-6-12-19-11(13(15)20-12)9-18-10(4-2)14-16-7-8-17-14/h7-8,10,18H,3-6,9H2,1-2H3,(H,16,17)(H,19,20). The number of unbranched alkanes of at least 4 members (excludes halogenated alkanes) is 1. The van der Waals surface area contributed by atoms with Crippen LogP contribution < -0.4 is 5.32 Å². The Morgan fingerprint density at radius 3 is 2.90 bits per heavy atom. The predicted molar refractivity (Wildman–Crippen MR) is 80.7 cm³/mol. The van der Waals surface area contributed by atoms with Crippen LogP contribution >= 0.6 is 11.6 Å². The van der Waals surface area contributed by atoms with Crippen molar-refractivity contribution in [2.24, 2.45) is 0 Å². The maximum atomic E-state index is 6.17. The first-order valence-electron chi connectivity index (χ1n) is 7.20. The molecule has 0 aliphatic rings. The normalized spacial score (nSPS) is 12.8. The van der Waals surface area contributed by atoms with Crippen LogP contribution in [0.5, 0.6) is 0 Å². The van der Waals surface area contributed by atoms with E-state index in [1.54, 1.807) is 6.20 Å². The molecular formula is C14H22ClN5. The minimum absolute atomic E-state index is 0.198. The Labute approximate surface area is 124 Å². The average Bonchev–Trinajstić information content (AvgIpc) is 3.08. The maximum absolute atomic E-state index is 6.17. The van der Waals surface area contributed by atoms with Gasteiger partial charge in [0.2, 0.25) is 0 Å². The smallest absolute Gasteiger partial charge is 0.151 e. The van der Waals surface area contributed by atoms with Crippen molar-refractivity contribution in [2.45, 2.75) is 52.1 Å². The molecule has 2 heterocycles. The first-order valence-corrected chi connectivity index (χ1v) is 7.58. The van der Waals surface area contributed by atoms with E-state index in [0.717, 1.165) is 43.0 Å². The third kappa shape index (κ3) is 3.84. The molecule has 110 valence electrons. The Balaban J connectivity index is 1.94. The number of aromatic nitrogens is 4. The first kappa shape index (κ1) is 15.1. The fourth-order valence-corrected chi connectivity index (χ4v) is 2.36. The van der Waals surface area contributed by atoms with Gasteiger partial charge in [-0.1, -0.05) is 31.9 Å². The van der Waals surface area contributed by atoms with E-state index in [9.17, 15) is 0 Å². The van der Waals surface area contributed by atoms with E-state index >= 15 is 0 Å². The molecule has 1 unspecified atom stereocenters. The number of hydrogen-bond acceptors (Lipinski definition) is 3. The second-order valence-corrected chi connectivity index (χ2v) is 5.23. The quantitative estimate of drug-likeness (QED) is 0.699. The number of nitrogens with one attached hydrogen (secondary N) is 3. The van der Waals surface area contributed by atoms with Gasteiger partial charge in [0.1, 0.15) is 11.6 Å². The van der Waals surface area contributed by atoms with Crippen molar-refractivity contribution >= 4 is 11.6 Å². The molecule has 0 bridgehead atoms. The lowest BCUT2D eigenvalue weighted by Gasteiger charge is -2.13. The Kier molecular flexibility index (Phi) is 5.61. The molecule has 0 radical (unpaired) electrons. The van der Waals surface area contributed by atoms with Gasteiger partial charge in [0.15, 0.2) is 5.15 Å². The number of imidazole rings is 2. The summed E-state index contributed by atoms with van der Waals surface area (Å²) < 4.78 is 0. The summed E-state index contributed by atoms with van der Waals surface area (Å²) in [7, 11) is 0. The summed E-state index contributed by atoms with van der Waals surface area (Å²) in [6.45, 7) is 4.96. The molecule has 1 atom stereocenters. The SMILES string of the molecule is CCCCc1nc(Cl)c(CNC(CC)c2ncc[nH]2)[nH]1. The van der Waals surface area contributed by atoms with Gasteiger partial charge in [0.25, 0.3) is 0 Å². The second kappa shape index (κ2) is 7.45. The second-order valence-electron chi connectivity index (χ2n) is 4.87. The van der Waals surface area contributed by atoms with Gasteiger partial charge in [-0.25, -0.2) is 9.97 Å². The van der Waals surface area contributed by atoms with Crippen molar-refractivity contribution < 1.29 is 0 Å². The topological polar surface area (TPSA) is 69.4 Å². The van der Waals surface area contributed by atoms with Gasteiger partial charge in [-0.2, -0.15) is 0 Å². The van der Waals surface area contributed by atoms with E-state index < -0.39 is 0 Å². The molecule has 0 saturated heterocycles. The van der Waals surface area contributed by atoms with Gasteiger partial charge < -0.3 is 15.3 Å². The molecular weight excluding hydrogens is 274 g/mol. The number of aromatic amines is 2. The highest BCUT2D eigenvalue weighted by Gasteiger charge is 2.13. The van der Waals surface area contributed by atoms with Gasteiger partial charge in [0, 0.05) is 25.4 Å². The molecule has 6 heteroatoms. The minimum atomic E-state index is 0.198. The molecule has 0 aliphatic heterocycles. The van der Waals surface area contributed by atoms with Crippen LogP contribution in [-0.4, -0.2) is 19.9 Å². The first-order chi connectivity index (χ1) is 9.74. The summed E-state index contributed by atoms with van der Waals surface area (Å²) in [5, 5.41) is 4.02. The summed E-state index contributed by atoms with van der Waals surface area (Å²) in [4.78, 5) is 15.1. The summed E-state index contributed by atoms with van der Waals surface area (Å²) in [5.41, 5.74) is 0.947. The molecule has 0 amide bonds. The highest BCUT2D eigenvalue weighted by Crippen LogP contribution is 2.17. The molecule has 2 aromatic rings. The number of H-pyrrole nitrogens is 2. The lowest BCUT2D eigenvalue weighted by atomic mass is 10.2. The molecule has 0 fully saturated rings. The van der Waals surface area contributed by atoms with Crippen molar-refractivity contribution in [3.63, 3.8) is 0 Å². The largest absolute Gasteiger partial charge is 0.347 e. The van der Waals surface area contributed by atoms with Crippen LogP contribution in [0.1, 0.15) is 56.5 Å². The van der Waals surface area contributed by atoms with Crippen LogP contribution in [0, 0.1) is 0 Å². The van der Waals surface area contributed by atoms with Gasteiger partial charge in [-0.15, -0.1) is 0 Å². The van der Waals surface area contributed by atoms with E-state index in [1.807, 2.05) is 6.20 Å². The Morgan fingerprint density at radius 2 is 2.25 bits per heavy atom. The highest BCUT2D eigenvalue weighted by molar-refractivity contribution is 6.30. The van der Waals surface area contributed by atoms with Crippen LogP contribution in [0.2, 0.25) is 5.15 Å². The number of halogens is 1. The maximum Gasteiger partial charge on any atom is 0.151 e. The van der Waals surface area contributed by atoms with Crippen molar-refractivity contribution in [3.8, 4) is 0 Å². The average molecular weight is 296 g/mol. The molecule has 0 aromatic carbocycles. The third-order valence-electron chi connectivity index (χ3n) is 3.33. The fourth-order valence-electron chi connectivity index (χ4n) is 2.15. The monoisotopic (exact) mass is 295 g/mol. The number of hydrogen-bond donors (Lipinski definition) is 3. The lowest BCUT2D eigenvalue weighted by molar-refractivity contribution is 0.494. The molecule has 20 heavy (non-hydrogen) atoms.